The summed E-state index contributed by atoms with van der Waals surface area (Å²) in [4.78, 5) is 11.4. The van der Waals surface area contributed by atoms with E-state index in [9.17, 15) is 0 Å². The lowest BCUT2D eigenvalue weighted by Gasteiger charge is -2.15. The molecule has 0 spiro atoms. The van der Waals surface area contributed by atoms with Gasteiger partial charge in [0.05, 0.1) is 18.1 Å². The van der Waals surface area contributed by atoms with Crippen molar-refractivity contribution in [3.05, 3.63) is 18.1 Å². The highest BCUT2D eigenvalue weighted by Gasteiger charge is 2.20. The second kappa shape index (κ2) is 6.69. The van der Waals surface area contributed by atoms with Gasteiger partial charge >= 0.3 is 0 Å². The van der Waals surface area contributed by atoms with E-state index in [2.05, 4.69) is 34.0 Å². The molecule has 4 nitrogen and oxygen atoms in total. The zero-order valence-electron chi connectivity index (χ0n) is 11.5. The third-order valence-corrected chi connectivity index (χ3v) is 3.59. The molecule has 2 rings (SSSR count). The van der Waals surface area contributed by atoms with Crippen molar-refractivity contribution in [2.45, 2.75) is 39.7 Å². The minimum absolute atomic E-state index is 0.878. The van der Waals surface area contributed by atoms with Gasteiger partial charge in [0.15, 0.2) is 0 Å². The zero-order chi connectivity index (χ0) is 12.8. The Hall–Kier alpha value is -1.16. The van der Waals surface area contributed by atoms with Crippen molar-refractivity contribution < 1.29 is 0 Å². The van der Waals surface area contributed by atoms with Gasteiger partial charge in [0, 0.05) is 19.6 Å². The van der Waals surface area contributed by atoms with Gasteiger partial charge < -0.3 is 5.32 Å². The summed E-state index contributed by atoms with van der Waals surface area (Å²) in [6.07, 6.45) is 7.48. The smallest absolute Gasteiger partial charge is 0.144 e. The molecule has 0 amide bonds. The highest BCUT2D eigenvalue weighted by molar-refractivity contribution is 5.30. The number of rotatable bonds is 6. The highest BCUT2D eigenvalue weighted by Crippen LogP contribution is 2.20. The minimum Gasteiger partial charge on any atom is -0.369 e. The largest absolute Gasteiger partial charge is 0.369 e. The Bertz CT molecular complexity index is 349. The summed E-state index contributed by atoms with van der Waals surface area (Å²) in [5.74, 6) is 1.76. The average molecular weight is 248 g/mol. The third kappa shape index (κ3) is 3.67. The van der Waals surface area contributed by atoms with Gasteiger partial charge in [0.1, 0.15) is 5.82 Å². The summed E-state index contributed by atoms with van der Waals surface area (Å²) >= 11 is 0. The summed E-state index contributed by atoms with van der Waals surface area (Å²) in [5.41, 5.74) is 1.08. The molecule has 0 saturated carbocycles. The van der Waals surface area contributed by atoms with E-state index in [1.165, 1.54) is 25.9 Å². The molecule has 1 atom stereocenters. The van der Waals surface area contributed by atoms with Gasteiger partial charge in [-0.15, -0.1) is 0 Å². The maximum Gasteiger partial charge on any atom is 0.144 e. The fourth-order valence-corrected chi connectivity index (χ4v) is 2.40. The van der Waals surface area contributed by atoms with Crippen LogP contribution in [0.3, 0.4) is 0 Å². The van der Waals surface area contributed by atoms with Gasteiger partial charge in [-0.25, -0.2) is 4.98 Å². The molecule has 0 aliphatic carbocycles. The van der Waals surface area contributed by atoms with Crippen LogP contribution in [0.25, 0.3) is 0 Å². The Morgan fingerprint density at radius 2 is 2.22 bits per heavy atom. The second-order valence-corrected chi connectivity index (χ2v) is 5.12. The van der Waals surface area contributed by atoms with Crippen molar-refractivity contribution in [2.24, 2.45) is 5.92 Å². The molecule has 0 radical (unpaired) electrons. The van der Waals surface area contributed by atoms with Crippen LogP contribution in [0.1, 0.15) is 38.8 Å². The van der Waals surface area contributed by atoms with Crippen LogP contribution in [0.2, 0.25) is 0 Å². The van der Waals surface area contributed by atoms with Gasteiger partial charge in [-0.2, -0.15) is 0 Å². The fraction of sp³-hybridized carbons (Fsp3) is 0.714. The monoisotopic (exact) mass is 248 g/mol. The van der Waals surface area contributed by atoms with E-state index >= 15 is 0 Å². The van der Waals surface area contributed by atoms with Gasteiger partial charge in [0.25, 0.3) is 0 Å². The maximum atomic E-state index is 4.48. The van der Waals surface area contributed by atoms with Crippen molar-refractivity contribution in [2.75, 3.05) is 25.0 Å². The predicted octanol–water partition coefficient (Wildman–Crippen LogP) is 2.53. The average Bonchev–Trinajstić information content (AvgIpc) is 2.86. The Kier molecular flexibility index (Phi) is 4.93. The van der Waals surface area contributed by atoms with Gasteiger partial charge in [-0.3, -0.25) is 9.88 Å². The highest BCUT2D eigenvalue weighted by atomic mass is 15.2. The molecular weight excluding hydrogens is 224 g/mol. The molecule has 0 bridgehead atoms. The van der Waals surface area contributed by atoms with E-state index in [4.69, 9.17) is 0 Å². The summed E-state index contributed by atoms with van der Waals surface area (Å²) < 4.78 is 0. The van der Waals surface area contributed by atoms with E-state index in [0.29, 0.717) is 0 Å². The number of aromatic nitrogens is 2. The lowest BCUT2D eigenvalue weighted by Crippen LogP contribution is -2.20. The number of nitrogens with one attached hydrogen (secondary N) is 1. The molecule has 1 aliphatic rings. The number of anilines is 1. The molecule has 1 aromatic rings. The molecule has 2 heterocycles. The lowest BCUT2D eigenvalue weighted by molar-refractivity contribution is 0.311. The van der Waals surface area contributed by atoms with Crippen LogP contribution < -0.4 is 5.32 Å². The van der Waals surface area contributed by atoms with E-state index in [1.54, 1.807) is 0 Å². The molecule has 1 N–H and O–H groups in total. The standard InChI is InChI=1S/C14H24N4/c1-3-6-15-14-9-16-13(8-17-14)11-18-7-5-12(4-2)10-18/h8-9,12H,3-7,10-11H2,1-2H3,(H,15,17). The van der Waals surface area contributed by atoms with Gasteiger partial charge in [-0.1, -0.05) is 20.3 Å². The van der Waals surface area contributed by atoms with Crippen LogP contribution in [0.15, 0.2) is 12.4 Å². The SMILES string of the molecule is CCCNc1cnc(CN2CCC(CC)C2)cn1. The minimum atomic E-state index is 0.878. The maximum absolute atomic E-state index is 4.48. The van der Waals surface area contributed by atoms with Crippen molar-refractivity contribution in [1.29, 1.82) is 0 Å². The molecule has 4 heteroatoms. The molecule has 100 valence electrons. The molecule has 1 aromatic heterocycles. The Labute approximate surface area is 110 Å². The summed E-state index contributed by atoms with van der Waals surface area (Å²) in [7, 11) is 0. The molecule has 1 saturated heterocycles. The quantitative estimate of drug-likeness (QED) is 0.840. The Balaban J connectivity index is 1.83. The van der Waals surface area contributed by atoms with Crippen LogP contribution in [-0.2, 0) is 6.54 Å². The molecule has 1 fully saturated rings. The van der Waals surface area contributed by atoms with Crippen LogP contribution in [0.4, 0.5) is 5.82 Å². The predicted molar refractivity (Wildman–Crippen MR) is 74.5 cm³/mol. The van der Waals surface area contributed by atoms with Gasteiger partial charge in [-0.05, 0) is 25.3 Å². The summed E-state index contributed by atoms with van der Waals surface area (Å²) in [6.45, 7) is 8.74. The summed E-state index contributed by atoms with van der Waals surface area (Å²) in [5, 5.41) is 3.24. The lowest BCUT2D eigenvalue weighted by atomic mass is 10.1. The molecule has 18 heavy (non-hydrogen) atoms. The van der Waals surface area contributed by atoms with Gasteiger partial charge in [0.2, 0.25) is 0 Å². The topological polar surface area (TPSA) is 41.1 Å². The fourth-order valence-electron chi connectivity index (χ4n) is 2.40. The molecule has 0 aromatic carbocycles. The second-order valence-electron chi connectivity index (χ2n) is 5.12. The number of hydrogen-bond donors (Lipinski definition) is 1. The Morgan fingerprint density at radius 1 is 1.33 bits per heavy atom. The van der Waals surface area contributed by atoms with E-state index in [1.807, 2.05) is 12.4 Å². The van der Waals surface area contributed by atoms with Crippen molar-refractivity contribution in [3.63, 3.8) is 0 Å². The molecular formula is C14H24N4. The first-order valence-corrected chi connectivity index (χ1v) is 7.09. The zero-order valence-corrected chi connectivity index (χ0v) is 11.5. The molecule has 1 unspecified atom stereocenters. The normalized spacial score (nSPS) is 20.2. The van der Waals surface area contributed by atoms with Crippen LogP contribution in [-0.4, -0.2) is 34.5 Å². The number of hydrogen-bond acceptors (Lipinski definition) is 4. The summed E-state index contributed by atoms with van der Waals surface area (Å²) in [6, 6.07) is 0. The van der Waals surface area contributed by atoms with Crippen LogP contribution in [0.5, 0.6) is 0 Å². The number of likely N-dealkylation sites (tertiary alicyclic amines) is 1. The van der Waals surface area contributed by atoms with Crippen molar-refractivity contribution in [1.82, 2.24) is 14.9 Å². The van der Waals surface area contributed by atoms with Crippen molar-refractivity contribution >= 4 is 5.82 Å². The van der Waals surface area contributed by atoms with E-state index < -0.39 is 0 Å². The van der Waals surface area contributed by atoms with E-state index in [0.717, 1.165) is 36.9 Å². The first-order chi connectivity index (χ1) is 8.81. The van der Waals surface area contributed by atoms with Crippen LogP contribution >= 0.6 is 0 Å². The first-order valence-electron chi connectivity index (χ1n) is 7.09. The van der Waals surface area contributed by atoms with Crippen molar-refractivity contribution in [3.8, 4) is 0 Å². The Morgan fingerprint density at radius 3 is 2.83 bits per heavy atom. The number of nitrogens with zero attached hydrogens (tertiary/aromatic N) is 3. The molecule has 1 aliphatic heterocycles. The van der Waals surface area contributed by atoms with Crippen LogP contribution in [0, 0.1) is 5.92 Å². The van der Waals surface area contributed by atoms with E-state index in [-0.39, 0.29) is 0 Å². The third-order valence-electron chi connectivity index (χ3n) is 3.59. The first kappa shape index (κ1) is 13.3.